The Kier molecular flexibility index (Phi) is 4.96. The predicted molar refractivity (Wildman–Crippen MR) is 97.8 cm³/mol. The van der Waals surface area contributed by atoms with Crippen molar-refractivity contribution < 1.29 is 4.74 Å². The standard InChI is InChI=1S/C18H19N5OS/c1-2-4-14(5-3-1)21-16-6-7-20-18(22-16)15-13-24-10-9-23(15)12-17-19-8-11-25-17/h1-8,11,15H,9-10,12-13H2,(H,20,21,22). The van der Waals surface area contributed by atoms with Gasteiger partial charge in [-0.25, -0.2) is 15.0 Å². The lowest BCUT2D eigenvalue weighted by Gasteiger charge is -2.33. The van der Waals surface area contributed by atoms with Crippen molar-refractivity contribution in [2.24, 2.45) is 0 Å². The fourth-order valence-corrected chi connectivity index (χ4v) is 3.48. The van der Waals surface area contributed by atoms with Gasteiger partial charge in [-0.2, -0.15) is 0 Å². The van der Waals surface area contributed by atoms with Gasteiger partial charge >= 0.3 is 0 Å². The lowest BCUT2D eigenvalue weighted by molar-refractivity contribution is -0.0159. The zero-order valence-corrected chi connectivity index (χ0v) is 14.5. The van der Waals surface area contributed by atoms with Crippen molar-refractivity contribution in [1.29, 1.82) is 0 Å². The Morgan fingerprint density at radius 1 is 1.16 bits per heavy atom. The van der Waals surface area contributed by atoms with Crippen LogP contribution in [0.5, 0.6) is 0 Å². The zero-order valence-electron chi connectivity index (χ0n) is 13.7. The monoisotopic (exact) mass is 353 g/mol. The van der Waals surface area contributed by atoms with E-state index in [2.05, 4.69) is 20.2 Å². The van der Waals surface area contributed by atoms with Crippen molar-refractivity contribution in [2.45, 2.75) is 12.6 Å². The van der Waals surface area contributed by atoms with Gasteiger partial charge in [0.1, 0.15) is 16.6 Å². The molecule has 0 radical (unpaired) electrons. The first-order valence-electron chi connectivity index (χ1n) is 8.24. The molecule has 0 bridgehead atoms. The molecule has 2 aromatic heterocycles. The van der Waals surface area contributed by atoms with Gasteiger partial charge in [-0.05, 0) is 18.2 Å². The van der Waals surface area contributed by atoms with Crippen molar-refractivity contribution in [1.82, 2.24) is 19.9 Å². The largest absolute Gasteiger partial charge is 0.378 e. The van der Waals surface area contributed by atoms with Gasteiger partial charge in [0.05, 0.1) is 25.8 Å². The number of morpholine rings is 1. The molecule has 1 aliphatic heterocycles. The van der Waals surface area contributed by atoms with Gasteiger partial charge in [0.25, 0.3) is 0 Å². The first kappa shape index (κ1) is 16.1. The smallest absolute Gasteiger partial charge is 0.150 e. The van der Waals surface area contributed by atoms with Gasteiger partial charge in [0, 0.05) is 30.0 Å². The topological polar surface area (TPSA) is 63.2 Å². The van der Waals surface area contributed by atoms with Crippen molar-refractivity contribution in [3.8, 4) is 0 Å². The van der Waals surface area contributed by atoms with E-state index in [9.17, 15) is 0 Å². The molecule has 25 heavy (non-hydrogen) atoms. The highest BCUT2D eigenvalue weighted by Crippen LogP contribution is 2.25. The summed E-state index contributed by atoms with van der Waals surface area (Å²) in [5.74, 6) is 1.56. The number of para-hydroxylation sites is 1. The van der Waals surface area contributed by atoms with Crippen LogP contribution in [0.25, 0.3) is 0 Å². The lowest BCUT2D eigenvalue weighted by Crippen LogP contribution is -2.39. The molecule has 128 valence electrons. The third-order valence-electron chi connectivity index (χ3n) is 4.08. The fraction of sp³-hybridized carbons (Fsp3) is 0.278. The number of anilines is 2. The highest BCUT2D eigenvalue weighted by Gasteiger charge is 2.27. The first-order valence-corrected chi connectivity index (χ1v) is 9.11. The lowest BCUT2D eigenvalue weighted by atomic mass is 10.2. The maximum atomic E-state index is 5.69. The van der Waals surface area contributed by atoms with Crippen LogP contribution >= 0.6 is 11.3 Å². The fourth-order valence-electron chi connectivity index (χ4n) is 2.84. The molecular weight excluding hydrogens is 334 g/mol. The van der Waals surface area contributed by atoms with E-state index < -0.39 is 0 Å². The Labute approximate surface area is 150 Å². The number of aromatic nitrogens is 3. The molecule has 1 N–H and O–H groups in total. The van der Waals surface area contributed by atoms with Gasteiger partial charge in [0.2, 0.25) is 0 Å². The molecular formula is C18H19N5OS. The van der Waals surface area contributed by atoms with E-state index in [0.717, 1.165) is 42.0 Å². The number of ether oxygens (including phenoxy) is 1. The molecule has 7 heteroatoms. The van der Waals surface area contributed by atoms with Crippen molar-refractivity contribution in [2.75, 3.05) is 25.1 Å². The summed E-state index contributed by atoms with van der Waals surface area (Å²) in [6.07, 6.45) is 3.64. The second-order valence-corrected chi connectivity index (χ2v) is 6.76. The second-order valence-electron chi connectivity index (χ2n) is 5.78. The molecule has 1 aromatic carbocycles. The van der Waals surface area contributed by atoms with Gasteiger partial charge in [-0.15, -0.1) is 11.3 Å². The first-order chi connectivity index (χ1) is 12.4. The zero-order chi connectivity index (χ0) is 16.9. The van der Waals surface area contributed by atoms with Crippen LogP contribution in [0, 0.1) is 0 Å². The summed E-state index contributed by atoms with van der Waals surface area (Å²) >= 11 is 1.67. The number of rotatable bonds is 5. The summed E-state index contributed by atoms with van der Waals surface area (Å²) in [4.78, 5) is 15.9. The average Bonchev–Trinajstić information content (AvgIpc) is 3.16. The molecule has 3 heterocycles. The van der Waals surface area contributed by atoms with Gasteiger partial charge in [-0.1, -0.05) is 18.2 Å². The summed E-state index contributed by atoms with van der Waals surface area (Å²) in [6.45, 7) is 2.97. The normalized spacial score (nSPS) is 18.2. The predicted octanol–water partition coefficient (Wildman–Crippen LogP) is 3.25. The Balaban J connectivity index is 1.53. The number of thiazole rings is 1. The van der Waals surface area contributed by atoms with Crippen LogP contribution < -0.4 is 5.32 Å². The molecule has 1 atom stereocenters. The minimum absolute atomic E-state index is 0.0372. The number of nitrogens with zero attached hydrogens (tertiary/aromatic N) is 4. The minimum Gasteiger partial charge on any atom is -0.378 e. The highest BCUT2D eigenvalue weighted by molar-refractivity contribution is 7.09. The Hall–Kier alpha value is -2.35. The summed E-state index contributed by atoms with van der Waals surface area (Å²) < 4.78 is 5.69. The summed E-state index contributed by atoms with van der Waals surface area (Å²) in [6, 6.07) is 11.9. The van der Waals surface area contributed by atoms with Crippen LogP contribution in [-0.4, -0.2) is 39.6 Å². The maximum absolute atomic E-state index is 5.69. The molecule has 4 rings (SSSR count). The minimum atomic E-state index is 0.0372. The molecule has 0 saturated carbocycles. The van der Waals surface area contributed by atoms with E-state index in [1.807, 2.05) is 48.0 Å². The summed E-state index contributed by atoms with van der Waals surface area (Å²) in [7, 11) is 0. The molecule has 0 aliphatic carbocycles. The van der Waals surface area contributed by atoms with E-state index in [0.29, 0.717) is 6.61 Å². The maximum Gasteiger partial charge on any atom is 0.150 e. The van der Waals surface area contributed by atoms with Crippen LogP contribution in [0.4, 0.5) is 11.5 Å². The molecule has 1 aliphatic rings. The molecule has 1 unspecified atom stereocenters. The summed E-state index contributed by atoms with van der Waals surface area (Å²) in [5.41, 5.74) is 1.01. The highest BCUT2D eigenvalue weighted by atomic mass is 32.1. The molecule has 1 saturated heterocycles. The number of benzene rings is 1. The third kappa shape index (κ3) is 4.01. The Bertz CT molecular complexity index is 796. The molecule has 6 nitrogen and oxygen atoms in total. The van der Waals surface area contributed by atoms with Gasteiger partial charge in [-0.3, -0.25) is 4.90 Å². The van der Waals surface area contributed by atoms with E-state index in [1.54, 1.807) is 17.5 Å². The van der Waals surface area contributed by atoms with Crippen molar-refractivity contribution >= 4 is 22.8 Å². The number of nitrogens with one attached hydrogen (secondary N) is 1. The average molecular weight is 353 g/mol. The molecule has 0 amide bonds. The van der Waals surface area contributed by atoms with Crippen LogP contribution in [0.2, 0.25) is 0 Å². The summed E-state index contributed by atoms with van der Waals surface area (Å²) in [5, 5.41) is 6.43. The SMILES string of the molecule is c1ccc(Nc2ccnc(C3COCCN3Cc3nccs3)n2)cc1. The quantitative estimate of drug-likeness (QED) is 0.760. The second kappa shape index (κ2) is 7.69. The Morgan fingerprint density at radius 3 is 2.92 bits per heavy atom. The van der Waals surface area contributed by atoms with Gasteiger partial charge < -0.3 is 10.1 Å². The van der Waals surface area contributed by atoms with Crippen LogP contribution in [0.1, 0.15) is 16.9 Å². The van der Waals surface area contributed by atoms with Crippen molar-refractivity contribution in [3.63, 3.8) is 0 Å². The van der Waals surface area contributed by atoms with E-state index in [4.69, 9.17) is 9.72 Å². The number of hydrogen-bond donors (Lipinski definition) is 1. The molecule has 3 aromatic rings. The van der Waals surface area contributed by atoms with E-state index >= 15 is 0 Å². The Morgan fingerprint density at radius 2 is 2.08 bits per heavy atom. The van der Waals surface area contributed by atoms with E-state index in [-0.39, 0.29) is 6.04 Å². The third-order valence-corrected chi connectivity index (χ3v) is 4.84. The number of hydrogen-bond acceptors (Lipinski definition) is 7. The molecule has 0 spiro atoms. The van der Waals surface area contributed by atoms with Crippen LogP contribution in [0.15, 0.2) is 54.2 Å². The van der Waals surface area contributed by atoms with Crippen LogP contribution in [0.3, 0.4) is 0 Å². The van der Waals surface area contributed by atoms with Gasteiger partial charge in [0.15, 0.2) is 0 Å². The van der Waals surface area contributed by atoms with Crippen molar-refractivity contribution in [3.05, 3.63) is 65.0 Å². The van der Waals surface area contributed by atoms with E-state index in [1.165, 1.54) is 0 Å². The van der Waals surface area contributed by atoms with Crippen LogP contribution in [-0.2, 0) is 11.3 Å². The molecule has 1 fully saturated rings.